The molecule has 1 aromatic heterocycles. The van der Waals surface area contributed by atoms with Crippen molar-refractivity contribution in [3.8, 4) is 5.75 Å². The van der Waals surface area contributed by atoms with Crippen LogP contribution >= 0.6 is 0 Å². The van der Waals surface area contributed by atoms with Crippen molar-refractivity contribution < 1.29 is 24.1 Å². The van der Waals surface area contributed by atoms with Gasteiger partial charge in [-0.1, -0.05) is 26.7 Å². The van der Waals surface area contributed by atoms with E-state index in [0.29, 0.717) is 18.3 Å². The molecule has 29 heavy (non-hydrogen) atoms. The van der Waals surface area contributed by atoms with Crippen LogP contribution in [0.1, 0.15) is 82.8 Å². The second kappa shape index (κ2) is 11.5. The molecule has 1 saturated carbocycles. The molecule has 2 unspecified atom stereocenters. The highest BCUT2D eigenvalue weighted by molar-refractivity contribution is 5.82. The summed E-state index contributed by atoms with van der Waals surface area (Å²) in [6, 6.07) is 0. The summed E-state index contributed by atoms with van der Waals surface area (Å²) < 4.78 is 17.4. The summed E-state index contributed by atoms with van der Waals surface area (Å²) in [5.41, 5.74) is 0.195. The van der Waals surface area contributed by atoms with Crippen LogP contribution in [0.5, 0.6) is 5.75 Å². The largest absolute Gasteiger partial charge is 0.490 e. The van der Waals surface area contributed by atoms with Gasteiger partial charge in [-0.05, 0) is 50.9 Å². The fourth-order valence-electron chi connectivity index (χ4n) is 3.85. The fraction of sp³-hybridized carbons (Fsp3) is 0.773. The van der Waals surface area contributed by atoms with Gasteiger partial charge < -0.3 is 19.3 Å². The van der Waals surface area contributed by atoms with Gasteiger partial charge in [0.2, 0.25) is 5.82 Å². The molecule has 1 aliphatic carbocycles. The van der Waals surface area contributed by atoms with Gasteiger partial charge in [0.1, 0.15) is 0 Å². The van der Waals surface area contributed by atoms with E-state index >= 15 is 0 Å². The first-order chi connectivity index (χ1) is 13.8. The lowest BCUT2D eigenvalue weighted by atomic mass is 9.82. The number of aromatic nitrogens is 2. The number of carboxylic acids is 1. The Hall–Kier alpha value is -1.73. The molecule has 2 atom stereocenters. The Morgan fingerprint density at radius 2 is 1.90 bits per heavy atom. The Morgan fingerprint density at radius 1 is 1.24 bits per heavy atom. The highest BCUT2D eigenvalue weighted by Gasteiger charge is 2.27. The van der Waals surface area contributed by atoms with E-state index in [-0.39, 0.29) is 23.6 Å². The number of carbonyl (C=O) groups is 1. The van der Waals surface area contributed by atoms with Gasteiger partial charge in [0.25, 0.3) is 0 Å². The van der Waals surface area contributed by atoms with Crippen LogP contribution in [0.4, 0.5) is 0 Å². The van der Waals surface area contributed by atoms with Crippen molar-refractivity contribution in [2.24, 2.45) is 11.3 Å². The van der Waals surface area contributed by atoms with Gasteiger partial charge in [-0.2, -0.15) is 0 Å². The van der Waals surface area contributed by atoms with Gasteiger partial charge in [0.05, 0.1) is 25.1 Å². The molecule has 0 aromatic carbocycles. The van der Waals surface area contributed by atoms with E-state index in [4.69, 9.17) is 19.3 Å². The number of ether oxygens (including phenoxy) is 3. The Morgan fingerprint density at radius 3 is 2.48 bits per heavy atom. The predicted molar refractivity (Wildman–Crippen MR) is 110 cm³/mol. The van der Waals surface area contributed by atoms with Gasteiger partial charge >= 0.3 is 5.97 Å². The third-order valence-corrected chi connectivity index (χ3v) is 5.70. The van der Waals surface area contributed by atoms with Gasteiger partial charge in [-0.25, -0.2) is 14.8 Å². The van der Waals surface area contributed by atoms with Crippen molar-refractivity contribution in [2.75, 3.05) is 13.7 Å². The first kappa shape index (κ1) is 23.5. The SMILES string of the molecule is COC(OC(C)CCC(C)(C)CCCOc1cnc(C(=O)O)nc1)C1CCCC1. The third-order valence-electron chi connectivity index (χ3n) is 5.70. The summed E-state index contributed by atoms with van der Waals surface area (Å²) in [7, 11) is 1.75. The number of aromatic carboxylic acids is 1. The van der Waals surface area contributed by atoms with Gasteiger partial charge in [0, 0.05) is 13.0 Å². The lowest BCUT2D eigenvalue weighted by molar-refractivity contribution is -0.180. The monoisotopic (exact) mass is 408 g/mol. The molecular formula is C22H36N2O5. The zero-order valence-electron chi connectivity index (χ0n) is 18.2. The lowest BCUT2D eigenvalue weighted by Crippen LogP contribution is -2.29. The molecule has 2 rings (SSSR count). The highest BCUT2D eigenvalue weighted by Crippen LogP contribution is 2.32. The summed E-state index contributed by atoms with van der Waals surface area (Å²) in [5, 5.41) is 8.80. The topological polar surface area (TPSA) is 90.8 Å². The van der Waals surface area contributed by atoms with Gasteiger partial charge in [0.15, 0.2) is 12.0 Å². The maximum Gasteiger partial charge on any atom is 0.373 e. The van der Waals surface area contributed by atoms with Gasteiger partial charge in [-0.15, -0.1) is 0 Å². The van der Waals surface area contributed by atoms with E-state index in [1.54, 1.807) is 7.11 Å². The minimum Gasteiger partial charge on any atom is -0.490 e. The smallest absolute Gasteiger partial charge is 0.373 e. The Bertz CT molecular complexity index is 614. The third kappa shape index (κ3) is 8.26. The fourth-order valence-corrected chi connectivity index (χ4v) is 3.85. The van der Waals surface area contributed by atoms with Crippen LogP contribution in [-0.4, -0.2) is 47.2 Å². The van der Waals surface area contributed by atoms with Crippen LogP contribution in [0.3, 0.4) is 0 Å². The van der Waals surface area contributed by atoms with Crippen LogP contribution in [0.2, 0.25) is 0 Å². The number of nitrogens with zero attached hydrogens (tertiary/aromatic N) is 2. The molecular weight excluding hydrogens is 372 g/mol. The van der Waals surface area contributed by atoms with Crippen molar-refractivity contribution in [1.82, 2.24) is 9.97 Å². The van der Waals surface area contributed by atoms with Crippen molar-refractivity contribution in [3.05, 3.63) is 18.2 Å². The summed E-state index contributed by atoms with van der Waals surface area (Å²) in [4.78, 5) is 18.3. The molecule has 1 aromatic rings. The van der Waals surface area contributed by atoms with Crippen molar-refractivity contribution in [1.29, 1.82) is 0 Å². The van der Waals surface area contributed by atoms with E-state index in [1.807, 2.05) is 0 Å². The molecule has 7 heteroatoms. The number of hydrogen-bond acceptors (Lipinski definition) is 6. The number of hydrogen-bond donors (Lipinski definition) is 1. The van der Waals surface area contributed by atoms with E-state index < -0.39 is 5.97 Å². The molecule has 1 fully saturated rings. The summed E-state index contributed by atoms with van der Waals surface area (Å²) in [6.07, 6.45) is 11.9. The molecule has 1 N–H and O–H groups in total. The predicted octanol–water partition coefficient (Wildman–Crippen LogP) is 4.71. The van der Waals surface area contributed by atoms with Crippen LogP contribution in [0.25, 0.3) is 0 Å². The second-order valence-corrected chi connectivity index (χ2v) is 8.80. The van der Waals surface area contributed by atoms with E-state index in [2.05, 4.69) is 30.7 Å². The molecule has 1 aliphatic rings. The number of rotatable bonds is 13. The molecule has 0 saturated heterocycles. The number of carboxylic acid groups (broad SMARTS) is 1. The normalized spacial score (nSPS) is 17.2. The van der Waals surface area contributed by atoms with Crippen LogP contribution in [-0.2, 0) is 9.47 Å². The van der Waals surface area contributed by atoms with Gasteiger partial charge in [-0.3, -0.25) is 0 Å². The Balaban J connectivity index is 1.64. The molecule has 1 heterocycles. The van der Waals surface area contributed by atoms with Crippen molar-refractivity contribution in [3.63, 3.8) is 0 Å². The Kier molecular flexibility index (Phi) is 9.30. The van der Waals surface area contributed by atoms with E-state index in [1.165, 1.54) is 38.1 Å². The standard InChI is InChI=1S/C22H36N2O5/c1-16(29-21(27-4)17-8-5-6-9-17)10-12-22(2,3)11-7-13-28-18-14-23-19(20(25)26)24-15-18/h14-17,21H,5-13H2,1-4H3,(H,25,26). The van der Waals surface area contributed by atoms with Crippen LogP contribution in [0.15, 0.2) is 12.4 Å². The highest BCUT2D eigenvalue weighted by atomic mass is 16.7. The molecule has 0 aliphatic heterocycles. The number of methoxy groups -OCH3 is 1. The zero-order valence-corrected chi connectivity index (χ0v) is 18.2. The maximum atomic E-state index is 10.8. The van der Waals surface area contributed by atoms with Crippen molar-refractivity contribution >= 4 is 5.97 Å². The van der Waals surface area contributed by atoms with Crippen LogP contribution < -0.4 is 4.74 Å². The minimum atomic E-state index is -1.14. The summed E-state index contributed by atoms with van der Waals surface area (Å²) in [6.45, 7) is 7.24. The molecule has 164 valence electrons. The molecule has 0 bridgehead atoms. The summed E-state index contributed by atoms with van der Waals surface area (Å²) in [5.74, 6) is -0.330. The average molecular weight is 409 g/mol. The summed E-state index contributed by atoms with van der Waals surface area (Å²) >= 11 is 0. The van der Waals surface area contributed by atoms with Crippen molar-refractivity contribution in [2.45, 2.75) is 84.5 Å². The second-order valence-electron chi connectivity index (χ2n) is 8.80. The molecule has 7 nitrogen and oxygen atoms in total. The lowest BCUT2D eigenvalue weighted by Gasteiger charge is -2.29. The average Bonchev–Trinajstić information content (AvgIpc) is 3.23. The van der Waals surface area contributed by atoms with E-state index in [9.17, 15) is 4.79 Å². The molecule has 0 amide bonds. The maximum absolute atomic E-state index is 10.8. The quantitative estimate of drug-likeness (QED) is 0.373. The molecule has 0 spiro atoms. The zero-order chi connectivity index (χ0) is 21.3. The Labute approximate surface area is 174 Å². The first-order valence-electron chi connectivity index (χ1n) is 10.7. The first-order valence-corrected chi connectivity index (χ1v) is 10.7. The molecule has 0 radical (unpaired) electrons. The minimum absolute atomic E-state index is 0.0706. The van der Waals surface area contributed by atoms with E-state index in [0.717, 1.165) is 25.7 Å². The van der Waals surface area contributed by atoms with Crippen LogP contribution in [0, 0.1) is 11.3 Å².